The van der Waals surface area contributed by atoms with Gasteiger partial charge in [0.05, 0.1) is 11.4 Å². The Kier molecular flexibility index (Phi) is 4.43. The SMILES string of the molecule is CC(C)c1cc2c(s1)N(N1CCN(C)CC1)c1ccc(F)cc1NC2. The first-order valence-corrected chi connectivity index (χ1v) is 9.74. The lowest BCUT2D eigenvalue weighted by atomic mass is 10.1. The van der Waals surface area contributed by atoms with Gasteiger partial charge in [-0.3, -0.25) is 5.01 Å². The van der Waals surface area contributed by atoms with E-state index in [2.05, 4.69) is 47.2 Å². The van der Waals surface area contributed by atoms with Gasteiger partial charge in [-0.1, -0.05) is 13.8 Å². The van der Waals surface area contributed by atoms with Crippen molar-refractivity contribution in [1.29, 1.82) is 0 Å². The predicted octanol–water partition coefficient (Wildman–Crippen LogP) is 4.24. The van der Waals surface area contributed by atoms with E-state index in [1.165, 1.54) is 15.4 Å². The molecule has 3 heterocycles. The Morgan fingerprint density at radius 2 is 1.88 bits per heavy atom. The molecule has 4 rings (SSSR count). The molecule has 4 nitrogen and oxygen atoms in total. The van der Waals surface area contributed by atoms with Crippen molar-refractivity contribution in [3.8, 4) is 0 Å². The number of nitrogens with zero attached hydrogens (tertiary/aromatic N) is 3. The molecule has 0 amide bonds. The number of likely N-dealkylation sites (N-methyl/N-ethyl adjacent to an activating group) is 1. The van der Waals surface area contributed by atoms with Gasteiger partial charge in [-0.15, -0.1) is 11.3 Å². The summed E-state index contributed by atoms with van der Waals surface area (Å²) in [4.78, 5) is 3.75. The zero-order valence-corrected chi connectivity index (χ0v) is 15.9. The molecule has 2 aromatic rings. The average molecular weight is 361 g/mol. The third-order valence-electron chi connectivity index (χ3n) is 4.99. The number of piperazine rings is 1. The fourth-order valence-corrected chi connectivity index (χ4v) is 4.66. The van der Waals surface area contributed by atoms with E-state index in [0.29, 0.717) is 5.92 Å². The first kappa shape index (κ1) is 16.8. The van der Waals surface area contributed by atoms with Crippen LogP contribution in [0.1, 0.15) is 30.2 Å². The smallest absolute Gasteiger partial charge is 0.125 e. The standard InChI is InChI=1S/C19H25FN4S/c1-13(2)18-10-14-12-21-16-11-15(20)4-5-17(16)24(19(14)25-18)23-8-6-22(3)7-9-23/h4-5,10-11,13,21H,6-9,12H2,1-3H3. The highest BCUT2D eigenvalue weighted by atomic mass is 32.1. The third kappa shape index (κ3) is 3.14. The third-order valence-corrected chi connectivity index (χ3v) is 6.44. The number of halogens is 1. The molecule has 1 saturated heterocycles. The first-order chi connectivity index (χ1) is 12.0. The number of hydrazine groups is 1. The summed E-state index contributed by atoms with van der Waals surface area (Å²) in [5.74, 6) is 0.316. The normalized spacial score (nSPS) is 18.7. The van der Waals surface area contributed by atoms with Crippen molar-refractivity contribution in [2.24, 2.45) is 0 Å². The molecule has 0 bridgehead atoms. The second kappa shape index (κ2) is 6.59. The summed E-state index contributed by atoms with van der Waals surface area (Å²) in [5.41, 5.74) is 3.21. The first-order valence-electron chi connectivity index (χ1n) is 8.92. The van der Waals surface area contributed by atoms with Crippen LogP contribution in [0, 0.1) is 5.82 Å². The van der Waals surface area contributed by atoms with Crippen molar-refractivity contribution in [1.82, 2.24) is 9.91 Å². The van der Waals surface area contributed by atoms with Gasteiger partial charge in [0, 0.05) is 43.2 Å². The monoisotopic (exact) mass is 360 g/mol. The molecule has 0 unspecified atom stereocenters. The molecule has 1 fully saturated rings. The Morgan fingerprint density at radius 1 is 1.12 bits per heavy atom. The summed E-state index contributed by atoms with van der Waals surface area (Å²) < 4.78 is 13.8. The van der Waals surface area contributed by atoms with Gasteiger partial charge < -0.3 is 10.2 Å². The maximum absolute atomic E-state index is 13.8. The highest BCUT2D eigenvalue weighted by Crippen LogP contribution is 2.45. The number of thiophene rings is 1. The van der Waals surface area contributed by atoms with Gasteiger partial charge in [0.15, 0.2) is 0 Å². The molecule has 1 aromatic carbocycles. The summed E-state index contributed by atoms with van der Waals surface area (Å²) in [5, 5.41) is 9.44. The van der Waals surface area contributed by atoms with Crippen LogP contribution in [0.3, 0.4) is 0 Å². The van der Waals surface area contributed by atoms with Crippen molar-refractivity contribution in [3.63, 3.8) is 0 Å². The lowest BCUT2D eigenvalue weighted by Gasteiger charge is -2.41. The van der Waals surface area contributed by atoms with Crippen LogP contribution < -0.4 is 10.3 Å². The van der Waals surface area contributed by atoms with Crippen LogP contribution in [0.15, 0.2) is 24.3 Å². The average Bonchev–Trinajstić information content (AvgIpc) is 2.95. The Hall–Kier alpha value is -1.63. The van der Waals surface area contributed by atoms with E-state index in [1.807, 2.05) is 17.4 Å². The van der Waals surface area contributed by atoms with Gasteiger partial charge in [-0.05, 0) is 37.2 Å². The van der Waals surface area contributed by atoms with E-state index in [1.54, 1.807) is 12.1 Å². The largest absolute Gasteiger partial charge is 0.379 e. The van der Waals surface area contributed by atoms with E-state index >= 15 is 0 Å². The quantitative estimate of drug-likeness (QED) is 0.865. The van der Waals surface area contributed by atoms with Crippen molar-refractivity contribution >= 4 is 27.7 Å². The minimum absolute atomic E-state index is 0.197. The zero-order valence-electron chi connectivity index (χ0n) is 15.1. The van der Waals surface area contributed by atoms with Gasteiger partial charge in [0.1, 0.15) is 10.8 Å². The maximum Gasteiger partial charge on any atom is 0.125 e. The molecule has 134 valence electrons. The molecule has 0 spiro atoms. The fraction of sp³-hybridized carbons (Fsp3) is 0.474. The molecular formula is C19H25FN4S. The second-order valence-corrected chi connectivity index (χ2v) is 8.28. The molecule has 6 heteroatoms. The van der Waals surface area contributed by atoms with Crippen LogP contribution in [0.25, 0.3) is 0 Å². The van der Waals surface area contributed by atoms with Gasteiger partial charge in [-0.2, -0.15) is 0 Å². The van der Waals surface area contributed by atoms with Crippen LogP contribution >= 0.6 is 11.3 Å². The molecule has 0 aliphatic carbocycles. The number of rotatable bonds is 2. The van der Waals surface area contributed by atoms with Crippen LogP contribution in [0.2, 0.25) is 0 Å². The topological polar surface area (TPSA) is 21.8 Å². The van der Waals surface area contributed by atoms with E-state index in [4.69, 9.17) is 0 Å². The molecule has 1 aromatic heterocycles. The van der Waals surface area contributed by atoms with Crippen molar-refractivity contribution < 1.29 is 4.39 Å². The highest BCUT2D eigenvalue weighted by molar-refractivity contribution is 7.16. The minimum atomic E-state index is -0.197. The molecule has 0 saturated carbocycles. The molecule has 25 heavy (non-hydrogen) atoms. The summed E-state index contributed by atoms with van der Waals surface area (Å²) in [6.45, 7) is 9.24. The lowest BCUT2D eigenvalue weighted by molar-refractivity contribution is 0.155. The number of hydrogen-bond acceptors (Lipinski definition) is 5. The second-order valence-electron chi connectivity index (χ2n) is 7.22. The van der Waals surface area contributed by atoms with Crippen LogP contribution in [0.5, 0.6) is 0 Å². The maximum atomic E-state index is 13.8. The van der Waals surface area contributed by atoms with E-state index < -0.39 is 0 Å². The molecule has 0 radical (unpaired) electrons. The molecule has 2 aliphatic rings. The van der Waals surface area contributed by atoms with E-state index in [0.717, 1.165) is 44.1 Å². The van der Waals surface area contributed by atoms with Crippen molar-refractivity contribution in [2.75, 3.05) is 43.6 Å². The lowest BCUT2D eigenvalue weighted by Crippen LogP contribution is -2.51. The Bertz CT molecular complexity index is 765. The number of nitrogens with one attached hydrogen (secondary N) is 1. The summed E-state index contributed by atoms with van der Waals surface area (Å²) in [6.07, 6.45) is 0. The number of fused-ring (bicyclic) bond motifs is 2. The Morgan fingerprint density at radius 3 is 2.60 bits per heavy atom. The van der Waals surface area contributed by atoms with Crippen LogP contribution in [-0.2, 0) is 6.54 Å². The molecule has 0 atom stereocenters. The summed E-state index contributed by atoms with van der Waals surface area (Å²) in [7, 11) is 2.16. The number of benzene rings is 1. The number of anilines is 3. The highest BCUT2D eigenvalue weighted by Gasteiger charge is 2.30. The van der Waals surface area contributed by atoms with Crippen LogP contribution in [0.4, 0.5) is 20.8 Å². The zero-order chi connectivity index (χ0) is 17.6. The van der Waals surface area contributed by atoms with E-state index in [9.17, 15) is 4.39 Å². The van der Waals surface area contributed by atoms with Gasteiger partial charge in [-0.25, -0.2) is 9.40 Å². The van der Waals surface area contributed by atoms with E-state index in [-0.39, 0.29) is 5.82 Å². The predicted molar refractivity (Wildman–Crippen MR) is 103 cm³/mol. The fourth-order valence-electron chi connectivity index (χ4n) is 3.44. The van der Waals surface area contributed by atoms with Crippen molar-refractivity contribution in [3.05, 3.63) is 40.5 Å². The number of hydrogen-bond donors (Lipinski definition) is 1. The Labute approximate surface area is 152 Å². The molecule has 1 N–H and O–H groups in total. The summed E-state index contributed by atoms with van der Waals surface area (Å²) >= 11 is 1.86. The van der Waals surface area contributed by atoms with Gasteiger partial charge in [0.2, 0.25) is 0 Å². The minimum Gasteiger partial charge on any atom is -0.379 e. The van der Waals surface area contributed by atoms with Crippen molar-refractivity contribution in [2.45, 2.75) is 26.3 Å². The Balaban J connectivity index is 1.81. The van der Waals surface area contributed by atoms with Crippen LogP contribution in [-0.4, -0.2) is 43.1 Å². The summed E-state index contributed by atoms with van der Waals surface area (Å²) in [6, 6.07) is 7.38. The van der Waals surface area contributed by atoms with Gasteiger partial charge in [0.25, 0.3) is 0 Å². The van der Waals surface area contributed by atoms with Gasteiger partial charge >= 0.3 is 0 Å². The molecular weight excluding hydrogens is 335 g/mol. The molecule has 2 aliphatic heterocycles.